The lowest BCUT2D eigenvalue weighted by molar-refractivity contribution is 0.0218. The number of hydrogen-bond acceptors (Lipinski definition) is 6. The van der Waals surface area contributed by atoms with Gasteiger partial charge in [0.05, 0.1) is 11.2 Å². The van der Waals surface area contributed by atoms with Gasteiger partial charge in [0.25, 0.3) is 0 Å². The molecule has 9 heteroatoms. The Morgan fingerprint density at radius 1 is 1.38 bits per heavy atom. The number of carbonyl (C=O) groups excluding carboxylic acids is 1. The second-order valence-corrected chi connectivity index (χ2v) is 7.05. The highest BCUT2D eigenvalue weighted by molar-refractivity contribution is 6.33. The third-order valence-electron chi connectivity index (χ3n) is 3.47. The van der Waals surface area contributed by atoms with Gasteiger partial charge in [-0.1, -0.05) is 11.6 Å². The third kappa shape index (κ3) is 4.25. The summed E-state index contributed by atoms with van der Waals surface area (Å²) in [5.41, 5.74) is -0.781. The molecule has 8 nitrogen and oxygen atoms in total. The molecule has 0 aliphatic carbocycles. The second kappa shape index (κ2) is 6.80. The van der Waals surface area contributed by atoms with Crippen molar-refractivity contribution < 1.29 is 19.4 Å². The van der Waals surface area contributed by atoms with Crippen molar-refractivity contribution in [1.82, 2.24) is 14.9 Å². The number of carboxylic acids is 1. The van der Waals surface area contributed by atoms with Crippen molar-refractivity contribution in [3.8, 4) is 0 Å². The number of piperazine rings is 1. The molecule has 0 bridgehead atoms. The molecule has 0 aromatic carbocycles. The highest BCUT2D eigenvalue weighted by atomic mass is 35.5. The fourth-order valence-corrected chi connectivity index (χ4v) is 2.57. The van der Waals surface area contributed by atoms with Crippen LogP contribution in [0.2, 0.25) is 5.02 Å². The first kappa shape index (κ1) is 18.3. The average molecular weight is 357 g/mol. The van der Waals surface area contributed by atoms with E-state index >= 15 is 0 Å². The molecule has 0 spiro atoms. The predicted octanol–water partition coefficient (Wildman–Crippen LogP) is 2.27. The van der Waals surface area contributed by atoms with Gasteiger partial charge in [0, 0.05) is 25.7 Å². The average Bonchev–Trinajstić information content (AvgIpc) is 2.46. The number of amides is 1. The molecule has 1 aliphatic heterocycles. The number of aromatic carboxylic acids is 1. The fourth-order valence-electron chi connectivity index (χ4n) is 2.39. The second-order valence-electron chi connectivity index (χ2n) is 6.64. The SMILES string of the molecule is CC1CN(C(=O)OC(C)(C)C)CCN1c1ncc(Cl)c(C(=O)O)n1. The van der Waals surface area contributed by atoms with Gasteiger partial charge in [-0.15, -0.1) is 0 Å². The lowest BCUT2D eigenvalue weighted by Gasteiger charge is -2.40. The van der Waals surface area contributed by atoms with E-state index in [0.29, 0.717) is 19.6 Å². The van der Waals surface area contributed by atoms with Gasteiger partial charge in [0.1, 0.15) is 5.60 Å². The van der Waals surface area contributed by atoms with Gasteiger partial charge in [-0.25, -0.2) is 19.6 Å². The minimum Gasteiger partial charge on any atom is -0.476 e. The largest absolute Gasteiger partial charge is 0.476 e. The molecule has 1 fully saturated rings. The molecule has 2 heterocycles. The maximum Gasteiger partial charge on any atom is 0.410 e. The van der Waals surface area contributed by atoms with E-state index in [1.807, 2.05) is 32.6 Å². The van der Waals surface area contributed by atoms with E-state index < -0.39 is 11.6 Å². The van der Waals surface area contributed by atoms with E-state index in [1.165, 1.54) is 6.20 Å². The molecule has 1 amide bonds. The van der Waals surface area contributed by atoms with Crippen molar-refractivity contribution in [3.63, 3.8) is 0 Å². The van der Waals surface area contributed by atoms with Gasteiger partial charge in [0.15, 0.2) is 5.69 Å². The molecule has 2 rings (SSSR count). The fraction of sp³-hybridized carbons (Fsp3) is 0.600. The molecule has 1 aliphatic rings. The molecule has 1 N–H and O–H groups in total. The van der Waals surface area contributed by atoms with E-state index in [4.69, 9.17) is 21.4 Å². The zero-order chi connectivity index (χ0) is 18.1. The van der Waals surface area contributed by atoms with Gasteiger partial charge < -0.3 is 19.6 Å². The first-order valence-electron chi connectivity index (χ1n) is 7.59. The van der Waals surface area contributed by atoms with E-state index in [0.717, 1.165) is 0 Å². The minimum atomic E-state index is -1.20. The quantitative estimate of drug-likeness (QED) is 0.868. The molecule has 1 saturated heterocycles. The van der Waals surface area contributed by atoms with Crippen LogP contribution in [0.15, 0.2) is 6.20 Å². The number of halogens is 1. The van der Waals surface area contributed by atoms with E-state index in [2.05, 4.69) is 9.97 Å². The van der Waals surface area contributed by atoms with Gasteiger partial charge in [0.2, 0.25) is 5.95 Å². The van der Waals surface area contributed by atoms with Crippen molar-refractivity contribution in [3.05, 3.63) is 16.9 Å². The van der Waals surface area contributed by atoms with Crippen molar-refractivity contribution in [2.75, 3.05) is 24.5 Å². The number of anilines is 1. The summed E-state index contributed by atoms with van der Waals surface area (Å²) in [7, 11) is 0. The predicted molar refractivity (Wildman–Crippen MR) is 88.6 cm³/mol. The van der Waals surface area contributed by atoms with Crippen molar-refractivity contribution in [1.29, 1.82) is 0 Å². The minimum absolute atomic E-state index is 0.00806. The highest BCUT2D eigenvalue weighted by Crippen LogP contribution is 2.21. The number of carbonyl (C=O) groups is 2. The smallest absolute Gasteiger partial charge is 0.410 e. The molecule has 1 atom stereocenters. The van der Waals surface area contributed by atoms with E-state index in [-0.39, 0.29) is 28.8 Å². The van der Waals surface area contributed by atoms with Gasteiger partial charge in [-0.2, -0.15) is 0 Å². The maximum absolute atomic E-state index is 12.1. The molecule has 1 aromatic rings. The van der Waals surface area contributed by atoms with Crippen LogP contribution in [-0.2, 0) is 4.74 Å². The summed E-state index contributed by atoms with van der Waals surface area (Å²) in [6.07, 6.45) is 0.914. The Morgan fingerprint density at radius 3 is 2.58 bits per heavy atom. The van der Waals surface area contributed by atoms with Crippen molar-refractivity contribution in [2.45, 2.75) is 39.3 Å². The number of nitrogens with zero attached hydrogens (tertiary/aromatic N) is 4. The summed E-state index contributed by atoms with van der Waals surface area (Å²) in [6.45, 7) is 8.71. The topological polar surface area (TPSA) is 95.9 Å². The summed E-state index contributed by atoms with van der Waals surface area (Å²) >= 11 is 5.80. The highest BCUT2D eigenvalue weighted by Gasteiger charge is 2.31. The Hall–Kier alpha value is -2.09. The lowest BCUT2D eigenvalue weighted by atomic mass is 10.2. The standard InChI is InChI=1S/C15H21ClN4O4/c1-9-8-19(14(23)24-15(2,3)4)5-6-20(9)13-17-7-10(16)11(18-13)12(21)22/h7,9H,5-6,8H2,1-4H3,(H,21,22). The number of rotatable bonds is 2. The zero-order valence-corrected chi connectivity index (χ0v) is 14.9. The van der Waals surface area contributed by atoms with Crippen LogP contribution in [0.1, 0.15) is 38.2 Å². The summed E-state index contributed by atoms with van der Waals surface area (Å²) in [5.74, 6) is -0.920. The van der Waals surface area contributed by atoms with Crippen LogP contribution in [0, 0.1) is 0 Å². The van der Waals surface area contributed by atoms with Crippen LogP contribution in [0.3, 0.4) is 0 Å². The van der Waals surface area contributed by atoms with Crippen LogP contribution in [-0.4, -0.2) is 63.3 Å². The Bertz CT molecular complexity index is 647. The van der Waals surface area contributed by atoms with Crippen LogP contribution in [0.5, 0.6) is 0 Å². The van der Waals surface area contributed by atoms with Crippen LogP contribution in [0.4, 0.5) is 10.7 Å². The van der Waals surface area contributed by atoms with Crippen molar-refractivity contribution in [2.24, 2.45) is 0 Å². The summed E-state index contributed by atoms with van der Waals surface area (Å²) in [6, 6.07) is -0.0888. The Balaban J connectivity index is 2.10. The molecule has 132 valence electrons. The number of carboxylic acid groups (broad SMARTS) is 1. The molecule has 0 saturated carbocycles. The van der Waals surface area contributed by atoms with Gasteiger partial charge >= 0.3 is 12.1 Å². The molecule has 1 aromatic heterocycles. The summed E-state index contributed by atoms with van der Waals surface area (Å²) in [5, 5.41) is 9.11. The molecule has 0 radical (unpaired) electrons. The number of hydrogen-bond donors (Lipinski definition) is 1. The monoisotopic (exact) mass is 356 g/mol. The Labute approximate surface area is 145 Å². The lowest BCUT2D eigenvalue weighted by Crippen LogP contribution is -2.55. The van der Waals surface area contributed by atoms with Crippen LogP contribution < -0.4 is 4.90 Å². The van der Waals surface area contributed by atoms with Crippen molar-refractivity contribution >= 4 is 29.6 Å². The Kier molecular flexibility index (Phi) is 5.17. The summed E-state index contributed by atoms with van der Waals surface area (Å²) < 4.78 is 5.37. The Morgan fingerprint density at radius 2 is 2.04 bits per heavy atom. The van der Waals surface area contributed by atoms with Gasteiger partial charge in [-0.3, -0.25) is 0 Å². The zero-order valence-electron chi connectivity index (χ0n) is 14.1. The first-order chi connectivity index (χ1) is 11.1. The summed E-state index contributed by atoms with van der Waals surface area (Å²) in [4.78, 5) is 34.9. The van der Waals surface area contributed by atoms with Crippen LogP contribution in [0.25, 0.3) is 0 Å². The normalized spacial score (nSPS) is 18.5. The molecule has 1 unspecified atom stereocenters. The molecule has 24 heavy (non-hydrogen) atoms. The first-order valence-corrected chi connectivity index (χ1v) is 7.96. The van der Waals surface area contributed by atoms with Gasteiger partial charge in [-0.05, 0) is 27.7 Å². The third-order valence-corrected chi connectivity index (χ3v) is 3.75. The van der Waals surface area contributed by atoms with E-state index in [1.54, 1.807) is 4.90 Å². The van der Waals surface area contributed by atoms with E-state index in [9.17, 15) is 9.59 Å². The molecular formula is C15H21ClN4O4. The number of aromatic nitrogens is 2. The van der Waals surface area contributed by atoms with Crippen LogP contribution >= 0.6 is 11.6 Å². The number of ether oxygens (including phenoxy) is 1. The molecular weight excluding hydrogens is 336 g/mol. The maximum atomic E-state index is 12.1.